The van der Waals surface area contributed by atoms with Gasteiger partial charge in [0, 0.05) is 5.56 Å². The van der Waals surface area contributed by atoms with Gasteiger partial charge in [-0.2, -0.15) is 0 Å². The first-order valence-electron chi connectivity index (χ1n) is 5.30. The van der Waals surface area contributed by atoms with Crippen LogP contribution in [0.3, 0.4) is 0 Å². The number of hydrogen-bond acceptors (Lipinski definition) is 2. The molecular weight excluding hydrogens is 212 g/mol. The van der Waals surface area contributed by atoms with Gasteiger partial charge in [-0.05, 0) is 30.5 Å². The van der Waals surface area contributed by atoms with E-state index < -0.39 is 23.8 Å². The molecule has 0 unspecified atom stereocenters. The number of nitrogens with two attached hydrogens (primary N) is 1. The molecule has 2 nitrogen and oxygen atoms in total. The lowest BCUT2D eigenvalue weighted by Crippen LogP contribution is -2.28. The molecule has 0 aliphatic rings. The molecule has 0 aliphatic heterocycles. The van der Waals surface area contributed by atoms with Crippen LogP contribution in [0.2, 0.25) is 0 Å². The van der Waals surface area contributed by atoms with Gasteiger partial charge in [0.1, 0.15) is 11.6 Å². The maximum absolute atomic E-state index is 13.4. The van der Waals surface area contributed by atoms with Crippen LogP contribution in [0.15, 0.2) is 18.2 Å². The summed E-state index contributed by atoms with van der Waals surface area (Å²) in [7, 11) is 0. The normalized spacial score (nSPS) is 15.2. The van der Waals surface area contributed by atoms with Crippen LogP contribution < -0.4 is 5.73 Å². The van der Waals surface area contributed by atoms with Gasteiger partial charge < -0.3 is 10.8 Å². The molecule has 0 heterocycles. The van der Waals surface area contributed by atoms with Gasteiger partial charge in [0.15, 0.2) is 0 Å². The fraction of sp³-hybridized carbons (Fsp3) is 0.500. The predicted molar refractivity (Wildman–Crippen MR) is 58.7 cm³/mol. The first-order chi connectivity index (χ1) is 7.41. The number of aliphatic hydroxyl groups excluding tert-OH is 1. The van der Waals surface area contributed by atoms with Crippen molar-refractivity contribution in [3.63, 3.8) is 0 Å². The highest BCUT2D eigenvalue weighted by Crippen LogP contribution is 2.22. The Kier molecular flexibility index (Phi) is 4.38. The van der Waals surface area contributed by atoms with Crippen molar-refractivity contribution in [2.45, 2.75) is 32.4 Å². The highest BCUT2D eigenvalue weighted by molar-refractivity contribution is 5.23. The zero-order valence-electron chi connectivity index (χ0n) is 9.45. The van der Waals surface area contributed by atoms with E-state index in [1.54, 1.807) is 0 Å². The molecule has 4 heteroatoms. The Morgan fingerprint density at radius 3 is 2.50 bits per heavy atom. The van der Waals surface area contributed by atoms with Crippen LogP contribution in [0, 0.1) is 17.6 Å². The van der Waals surface area contributed by atoms with Crippen LogP contribution in [0.4, 0.5) is 8.78 Å². The average molecular weight is 229 g/mol. The molecule has 0 aromatic heterocycles. The van der Waals surface area contributed by atoms with Crippen molar-refractivity contribution in [1.29, 1.82) is 0 Å². The van der Waals surface area contributed by atoms with Crippen LogP contribution in [-0.2, 0) is 0 Å². The largest absolute Gasteiger partial charge is 0.391 e. The molecular formula is C12H17F2NO. The van der Waals surface area contributed by atoms with Gasteiger partial charge >= 0.3 is 0 Å². The maximum Gasteiger partial charge on any atom is 0.128 e. The van der Waals surface area contributed by atoms with Crippen molar-refractivity contribution in [2.75, 3.05) is 0 Å². The minimum atomic E-state index is -0.891. The third-order valence-electron chi connectivity index (χ3n) is 2.44. The lowest BCUT2D eigenvalue weighted by atomic mass is 9.95. The summed E-state index contributed by atoms with van der Waals surface area (Å²) >= 11 is 0. The van der Waals surface area contributed by atoms with Crippen LogP contribution >= 0.6 is 0 Å². The second kappa shape index (κ2) is 5.37. The van der Waals surface area contributed by atoms with Crippen molar-refractivity contribution in [1.82, 2.24) is 0 Å². The van der Waals surface area contributed by atoms with E-state index >= 15 is 0 Å². The van der Waals surface area contributed by atoms with Crippen LogP contribution in [-0.4, -0.2) is 11.2 Å². The van der Waals surface area contributed by atoms with E-state index in [4.69, 9.17) is 5.73 Å². The number of aliphatic hydroxyl groups is 1. The van der Waals surface area contributed by atoms with Gasteiger partial charge in [0.25, 0.3) is 0 Å². The molecule has 0 bridgehead atoms. The van der Waals surface area contributed by atoms with E-state index in [0.29, 0.717) is 6.42 Å². The van der Waals surface area contributed by atoms with Crippen LogP contribution in [0.25, 0.3) is 0 Å². The summed E-state index contributed by atoms with van der Waals surface area (Å²) in [5.74, 6) is -0.891. The SMILES string of the molecule is CC(C)C[C@@H](O)[C@@H](N)c1cc(F)ccc1F. The molecule has 1 aromatic carbocycles. The zero-order valence-corrected chi connectivity index (χ0v) is 9.45. The Morgan fingerprint density at radius 2 is 1.94 bits per heavy atom. The van der Waals surface area contributed by atoms with E-state index in [2.05, 4.69) is 0 Å². The van der Waals surface area contributed by atoms with Gasteiger partial charge in [-0.15, -0.1) is 0 Å². The molecule has 3 N–H and O–H groups in total. The minimum absolute atomic E-state index is 0.0214. The Bertz CT molecular complexity index is 355. The standard InChI is InChI=1S/C12H17F2NO/c1-7(2)5-11(16)12(15)9-6-8(13)3-4-10(9)14/h3-4,6-7,11-12,16H,5,15H2,1-2H3/t11-,12+/m1/s1. The molecule has 1 rings (SSSR count). The third kappa shape index (κ3) is 3.25. The van der Waals surface area contributed by atoms with Crippen LogP contribution in [0.5, 0.6) is 0 Å². The van der Waals surface area contributed by atoms with Gasteiger partial charge in [-0.25, -0.2) is 8.78 Å². The molecule has 16 heavy (non-hydrogen) atoms. The first kappa shape index (κ1) is 13.1. The summed E-state index contributed by atoms with van der Waals surface area (Å²) in [6.07, 6.45) is -0.409. The van der Waals surface area contributed by atoms with Crippen molar-refractivity contribution >= 4 is 0 Å². The zero-order chi connectivity index (χ0) is 12.3. The van der Waals surface area contributed by atoms with Crippen molar-refractivity contribution < 1.29 is 13.9 Å². The molecule has 2 atom stereocenters. The summed E-state index contributed by atoms with van der Waals surface area (Å²) in [5.41, 5.74) is 5.72. The Labute approximate surface area is 94.1 Å². The van der Waals surface area contributed by atoms with Gasteiger partial charge in [0.05, 0.1) is 12.1 Å². The quantitative estimate of drug-likeness (QED) is 0.832. The molecule has 0 saturated carbocycles. The molecule has 0 radical (unpaired) electrons. The topological polar surface area (TPSA) is 46.2 Å². The number of rotatable bonds is 4. The third-order valence-corrected chi connectivity index (χ3v) is 2.44. The summed E-state index contributed by atoms with van der Waals surface area (Å²) in [4.78, 5) is 0. The van der Waals surface area contributed by atoms with Crippen LogP contribution in [0.1, 0.15) is 31.9 Å². The van der Waals surface area contributed by atoms with Crippen molar-refractivity contribution in [3.8, 4) is 0 Å². The number of halogens is 2. The molecule has 0 saturated heterocycles. The second-order valence-corrected chi connectivity index (χ2v) is 4.39. The van der Waals surface area contributed by atoms with E-state index in [1.807, 2.05) is 13.8 Å². The summed E-state index contributed by atoms with van der Waals surface area (Å²) in [6, 6.07) is 2.19. The molecule has 0 fully saturated rings. The highest BCUT2D eigenvalue weighted by atomic mass is 19.1. The number of benzene rings is 1. The Morgan fingerprint density at radius 1 is 1.31 bits per heavy atom. The van der Waals surface area contributed by atoms with Crippen molar-refractivity contribution in [2.24, 2.45) is 11.7 Å². The fourth-order valence-corrected chi connectivity index (χ4v) is 1.61. The molecule has 90 valence electrons. The van der Waals surface area contributed by atoms with E-state index in [-0.39, 0.29) is 11.5 Å². The fourth-order valence-electron chi connectivity index (χ4n) is 1.61. The lowest BCUT2D eigenvalue weighted by molar-refractivity contribution is 0.119. The lowest BCUT2D eigenvalue weighted by Gasteiger charge is -2.21. The van der Waals surface area contributed by atoms with E-state index in [0.717, 1.165) is 18.2 Å². The minimum Gasteiger partial charge on any atom is -0.391 e. The molecule has 1 aromatic rings. The van der Waals surface area contributed by atoms with E-state index in [9.17, 15) is 13.9 Å². The number of hydrogen-bond donors (Lipinski definition) is 2. The first-order valence-corrected chi connectivity index (χ1v) is 5.30. The monoisotopic (exact) mass is 229 g/mol. The highest BCUT2D eigenvalue weighted by Gasteiger charge is 2.21. The van der Waals surface area contributed by atoms with Gasteiger partial charge in [-0.3, -0.25) is 0 Å². The summed E-state index contributed by atoms with van der Waals surface area (Å²) in [6.45, 7) is 3.86. The smallest absolute Gasteiger partial charge is 0.128 e. The van der Waals surface area contributed by atoms with E-state index in [1.165, 1.54) is 0 Å². The molecule has 0 spiro atoms. The summed E-state index contributed by atoms with van der Waals surface area (Å²) in [5, 5.41) is 9.74. The second-order valence-electron chi connectivity index (χ2n) is 4.39. The Balaban J connectivity index is 2.86. The van der Waals surface area contributed by atoms with Gasteiger partial charge in [-0.1, -0.05) is 13.8 Å². The summed E-state index contributed by atoms with van der Waals surface area (Å²) < 4.78 is 26.3. The Hall–Kier alpha value is -1.00. The molecule has 0 aliphatic carbocycles. The molecule has 0 amide bonds. The van der Waals surface area contributed by atoms with Crippen molar-refractivity contribution in [3.05, 3.63) is 35.4 Å². The average Bonchev–Trinajstić information content (AvgIpc) is 2.19. The van der Waals surface area contributed by atoms with Gasteiger partial charge in [0.2, 0.25) is 0 Å². The maximum atomic E-state index is 13.4. The predicted octanol–water partition coefficient (Wildman–Crippen LogP) is 2.37.